The standard InChI is InChI=1S/C31H31F4N7O2/c1-40-27-15(10-36-40)3-5-18(33)21(27)22-24(34)26-23-28(25(22)35)43-13-20-19-6-4-17(37-19)12-42(20)29(23)39-30(38-26)44-14-31-7-2-8-41(31)11-16(32)9-31/h3,5,10,16-17,19-20,37H,2,4,6-9,11-14H2,1H3/t16-,17-,19+,20-,31+/m1/s1. The second kappa shape index (κ2) is 9.40. The molecule has 9 nitrogen and oxygen atoms in total. The van der Waals surface area contributed by atoms with Crippen LogP contribution >= 0.6 is 0 Å². The topological polar surface area (TPSA) is 80.6 Å². The van der Waals surface area contributed by atoms with Crippen molar-refractivity contribution < 1.29 is 27.0 Å². The van der Waals surface area contributed by atoms with Crippen molar-refractivity contribution in [3.8, 4) is 22.9 Å². The first-order valence-corrected chi connectivity index (χ1v) is 15.3. The lowest BCUT2D eigenvalue weighted by atomic mass is 9.95. The highest BCUT2D eigenvalue weighted by molar-refractivity contribution is 6.03. The predicted molar refractivity (Wildman–Crippen MR) is 154 cm³/mol. The molecule has 9 rings (SSSR count). The summed E-state index contributed by atoms with van der Waals surface area (Å²) >= 11 is 0. The monoisotopic (exact) mass is 609 g/mol. The molecule has 13 heteroatoms. The molecule has 2 aromatic carbocycles. The van der Waals surface area contributed by atoms with E-state index in [2.05, 4.69) is 25.2 Å². The number of alkyl halides is 1. The average molecular weight is 610 g/mol. The molecule has 2 bridgehead atoms. The van der Waals surface area contributed by atoms with Crippen LogP contribution in [0.15, 0.2) is 18.3 Å². The maximum Gasteiger partial charge on any atom is 0.319 e. The van der Waals surface area contributed by atoms with Crippen LogP contribution in [0.25, 0.3) is 32.9 Å². The molecule has 5 atom stereocenters. The number of anilines is 1. The van der Waals surface area contributed by atoms with Crippen LogP contribution in [0.3, 0.4) is 0 Å². The van der Waals surface area contributed by atoms with Crippen LogP contribution < -0.4 is 19.7 Å². The highest BCUT2D eigenvalue weighted by Crippen LogP contribution is 2.48. The van der Waals surface area contributed by atoms with Gasteiger partial charge in [0.1, 0.15) is 36.5 Å². The van der Waals surface area contributed by atoms with Gasteiger partial charge in [0.05, 0.1) is 34.2 Å². The summed E-state index contributed by atoms with van der Waals surface area (Å²) < 4.78 is 77.4. The molecule has 0 spiro atoms. The number of benzene rings is 2. The number of nitrogens with one attached hydrogen (secondary N) is 1. The molecule has 5 aliphatic heterocycles. The molecule has 4 aromatic rings. The Kier molecular flexibility index (Phi) is 5.70. The number of hydrogen-bond donors (Lipinski definition) is 1. The summed E-state index contributed by atoms with van der Waals surface area (Å²) in [7, 11) is 1.59. The van der Waals surface area contributed by atoms with E-state index in [1.165, 1.54) is 23.0 Å². The van der Waals surface area contributed by atoms with Crippen LogP contribution in [0.2, 0.25) is 0 Å². The van der Waals surface area contributed by atoms with Crippen molar-refractivity contribution in [3.05, 3.63) is 35.8 Å². The number of aromatic nitrogens is 4. The minimum absolute atomic E-state index is 0.0795. The first-order valence-electron chi connectivity index (χ1n) is 15.3. The van der Waals surface area contributed by atoms with Crippen LogP contribution in [0.4, 0.5) is 23.4 Å². The largest absolute Gasteiger partial charge is 0.487 e. The van der Waals surface area contributed by atoms with E-state index >= 15 is 13.2 Å². The molecule has 44 heavy (non-hydrogen) atoms. The highest BCUT2D eigenvalue weighted by atomic mass is 19.1. The van der Waals surface area contributed by atoms with Gasteiger partial charge in [-0.1, -0.05) is 0 Å². The average Bonchev–Trinajstić information content (AvgIpc) is 3.73. The maximum absolute atomic E-state index is 16.9. The van der Waals surface area contributed by atoms with E-state index in [1.807, 2.05) is 0 Å². The number of ether oxygens (including phenoxy) is 2. The fourth-order valence-electron chi connectivity index (χ4n) is 8.50. The second-order valence-corrected chi connectivity index (χ2v) is 13.0. The van der Waals surface area contributed by atoms with E-state index in [0.29, 0.717) is 30.7 Å². The van der Waals surface area contributed by atoms with Gasteiger partial charge in [0.15, 0.2) is 17.4 Å². The van der Waals surface area contributed by atoms with Gasteiger partial charge in [0.2, 0.25) is 0 Å². The normalized spacial score (nSPS) is 29.2. The molecule has 0 amide bonds. The van der Waals surface area contributed by atoms with E-state index in [-0.39, 0.29) is 65.1 Å². The van der Waals surface area contributed by atoms with Gasteiger partial charge in [0.25, 0.3) is 0 Å². The molecule has 4 saturated heterocycles. The Morgan fingerprint density at radius 3 is 2.89 bits per heavy atom. The SMILES string of the molecule is Cn1ncc2ccc(F)c(-c3c(F)c4c5c(nc(OC[C@@]67CCCN6C[C@H](F)C7)nc5c3F)N3C[C@H]5CC[C@H](N5)[C@H]3CO4)c21. The van der Waals surface area contributed by atoms with Crippen molar-refractivity contribution in [2.75, 3.05) is 37.7 Å². The van der Waals surface area contributed by atoms with Gasteiger partial charge in [-0.2, -0.15) is 15.1 Å². The summed E-state index contributed by atoms with van der Waals surface area (Å²) in [6.07, 6.45) is 4.55. The Balaban J connectivity index is 1.26. The van der Waals surface area contributed by atoms with Gasteiger partial charge in [-0.15, -0.1) is 0 Å². The quantitative estimate of drug-likeness (QED) is 0.344. The summed E-state index contributed by atoms with van der Waals surface area (Å²) in [5.41, 5.74) is -1.27. The van der Waals surface area contributed by atoms with Gasteiger partial charge in [-0.3, -0.25) is 9.58 Å². The minimum atomic E-state index is -1.03. The van der Waals surface area contributed by atoms with Gasteiger partial charge in [-0.25, -0.2) is 17.6 Å². The third-order valence-corrected chi connectivity index (χ3v) is 10.5. The van der Waals surface area contributed by atoms with Crippen LogP contribution in [-0.2, 0) is 7.05 Å². The Morgan fingerprint density at radius 1 is 1.11 bits per heavy atom. The summed E-state index contributed by atoms with van der Waals surface area (Å²) in [5, 5.41) is 8.43. The zero-order chi connectivity index (χ0) is 29.9. The van der Waals surface area contributed by atoms with Gasteiger partial charge in [-0.05, 0) is 44.4 Å². The third-order valence-electron chi connectivity index (χ3n) is 10.5. The Labute approximate surface area is 250 Å². The third kappa shape index (κ3) is 3.68. The minimum Gasteiger partial charge on any atom is -0.487 e. The lowest BCUT2D eigenvalue weighted by Gasteiger charge is -2.40. The molecule has 0 unspecified atom stereocenters. The zero-order valence-electron chi connectivity index (χ0n) is 24.1. The van der Waals surface area contributed by atoms with E-state index in [4.69, 9.17) is 14.5 Å². The van der Waals surface area contributed by atoms with Crippen LogP contribution in [-0.4, -0.2) is 87.3 Å². The van der Waals surface area contributed by atoms with E-state index in [0.717, 1.165) is 32.2 Å². The molecule has 5 aliphatic rings. The molecule has 230 valence electrons. The molecule has 0 aliphatic carbocycles. The van der Waals surface area contributed by atoms with Crippen LogP contribution in [0.5, 0.6) is 11.8 Å². The fourth-order valence-corrected chi connectivity index (χ4v) is 8.50. The molecule has 1 N–H and O–H groups in total. The Bertz CT molecular complexity index is 1850. The molecule has 0 saturated carbocycles. The molecule has 2 aromatic heterocycles. The van der Waals surface area contributed by atoms with Crippen molar-refractivity contribution >= 4 is 27.6 Å². The van der Waals surface area contributed by atoms with E-state index in [9.17, 15) is 4.39 Å². The fraction of sp³-hybridized carbons (Fsp3) is 0.516. The predicted octanol–water partition coefficient (Wildman–Crippen LogP) is 4.26. The van der Waals surface area contributed by atoms with Crippen molar-refractivity contribution in [1.82, 2.24) is 30.0 Å². The number of fused-ring (bicyclic) bond motifs is 7. The smallest absolute Gasteiger partial charge is 0.319 e. The summed E-state index contributed by atoms with van der Waals surface area (Å²) in [6, 6.07) is 2.70. The maximum atomic E-state index is 16.9. The number of hydrogen-bond acceptors (Lipinski definition) is 8. The first kappa shape index (κ1) is 26.7. The van der Waals surface area contributed by atoms with Gasteiger partial charge < -0.3 is 19.7 Å². The lowest BCUT2D eigenvalue weighted by Crippen LogP contribution is -2.60. The van der Waals surface area contributed by atoms with E-state index in [1.54, 1.807) is 7.05 Å². The van der Waals surface area contributed by atoms with Crippen LogP contribution in [0.1, 0.15) is 32.1 Å². The molecular formula is C31H31F4N7O2. The molecule has 7 heterocycles. The van der Waals surface area contributed by atoms with E-state index < -0.39 is 34.7 Å². The summed E-state index contributed by atoms with van der Waals surface area (Å²) in [6.45, 7) is 2.01. The molecule has 4 fully saturated rings. The van der Waals surface area contributed by atoms with Gasteiger partial charge >= 0.3 is 6.01 Å². The summed E-state index contributed by atoms with van der Waals surface area (Å²) in [5.74, 6) is -2.72. The van der Waals surface area contributed by atoms with Gasteiger partial charge in [0, 0.05) is 49.6 Å². The number of nitrogens with zero attached hydrogens (tertiary/aromatic N) is 6. The zero-order valence-corrected chi connectivity index (χ0v) is 24.1. The van der Waals surface area contributed by atoms with Crippen molar-refractivity contribution in [2.24, 2.45) is 7.05 Å². The lowest BCUT2D eigenvalue weighted by molar-refractivity contribution is 0.107. The Morgan fingerprint density at radius 2 is 2.00 bits per heavy atom. The summed E-state index contributed by atoms with van der Waals surface area (Å²) in [4.78, 5) is 13.4. The number of halogens is 4. The number of aryl methyl sites for hydroxylation is 1. The van der Waals surface area contributed by atoms with Crippen molar-refractivity contribution in [1.29, 1.82) is 0 Å². The highest BCUT2D eigenvalue weighted by Gasteiger charge is 2.50. The number of rotatable bonds is 4. The van der Waals surface area contributed by atoms with Crippen molar-refractivity contribution in [2.45, 2.75) is 61.9 Å². The number of piperazine rings is 1. The first-order chi connectivity index (χ1) is 21.3. The Hall–Kier alpha value is -3.71. The van der Waals surface area contributed by atoms with Crippen LogP contribution in [0, 0.1) is 17.5 Å². The molecular weight excluding hydrogens is 578 g/mol. The molecule has 0 radical (unpaired) electrons. The second-order valence-electron chi connectivity index (χ2n) is 13.0. The van der Waals surface area contributed by atoms with Crippen molar-refractivity contribution in [3.63, 3.8) is 0 Å².